The smallest absolute Gasteiger partial charge is 0.161 e. The van der Waals surface area contributed by atoms with E-state index in [1.54, 1.807) is 14.0 Å². The monoisotopic (exact) mass is 267 g/mol. The van der Waals surface area contributed by atoms with Gasteiger partial charge in [0.2, 0.25) is 0 Å². The summed E-state index contributed by atoms with van der Waals surface area (Å²) in [6.45, 7) is 7.48. The molecule has 0 radical (unpaired) electrons. The highest BCUT2D eigenvalue weighted by Gasteiger charge is 2.21. The van der Waals surface area contributed by atoms with Gasteiger partial charge in [-0.15, -0.1) is 0 Å². The van der Waals surface area contributed by atoms with Crippen molar-refractivity contribution >= 4 is 0 Å². The Balaban J connectivity index is 2.55. The first-order chi connectivity index (χ1) is 8.98. The van der Waals surface area contributed by atoms with E-state index in [0.717, 1.165) is 18.5 Å². The largest absolute Gasteiger partial charge is 0.493 e. The molecule has 0 heterocycles. The van der Waals surface area contributed by atoms with E-state index in [0.29, 0.717) is 18.0 Å². The van der Waals surface area contributed by atoms with Crippen LogP contribution in [-0.2, 0) is 0 Å². The van der Waals surface area contributed by atoms with Gasteiger partial charge in [-0.1, -0.05) is 13.0 Å². The minimum Gasteiger partial charge on any atom is -0.493 e. The molecule has 1 aromatic rings. The van der Waals surface area contributed by atoms with Crippen molar-refractivity contribution < 1.29 is 14.6 Å². The molecule has 4 nitrogen and oxygen atoms in total. The average molecular weight is 267 g/mol. The van der Waals surface area contributed by atoms with Crippen LogP contribution in [0.4, 0.5) is 0 Å². The van der Waals surface area contributed by atoms with E-state index in [2.05, 4.69) is 12.2 Å². The van der Waals surface area contributed by atoms with Gasteiger partial charge in [0.1, 0.15) is 12.2 Å². The number of hydrogen-bond donors (Lipinski definition) is 2. The Bertz CT molecular complexity index is 391. The Kier molecular flexibility index (Phi) is 6.12. The predicted molar refractivity (Wildman–Crippen MR) is 77.0 cm³/mol. The fourth-order valence-corrected chi connectivity index (χ4v) is 1.71. The van der Waals surface area contributed by atoms with Crippen LogP contribution in [0.5, 0.6) is 11.5 Å². The highest BCUT2D eigenvalue weighted by Crippen LogP contribution is 2.28. The number of aliphatic hydroxyl groups is 1. The summed E-state index contributed by atoms with van der Waals surface area (Å²) in [6.07, 6.45) is 1.04. The Labute approximate surface area is 115 Å². The van der Waals surface area contributed by atoms with Gasteiger partial charge in [0, 0.05) is 6.54 Å². The van der Waals surface area contributed by atoms with Crippen molar-refractivity contribution in [1.29, 1.82) is 0 Å². The van der Waals surface area contributed by atoms with Gasteiger partial charge in [-0.05, 0) is 44.5 Å². The van der Waals surface area contributed by atoms with Gasteiger partial charge in [-0.3, -0.25) is 0 Å². The van der Waals surface area contributed by atoms with E-state index < -0.39 is 5.60 Å². The first kappa shape index (κ1) is 15.8. The van der Waals surface area contributed by atoms with E-state index in [9.17, 15) is 5.11 Å². The topological polar surface area (TPSA) is 50.7 Å². The van der Waals surface area contributed by atoms with Crippen LogP contribution in [0.2, 0.25) is 0 Å². The van der Waals surface area contributed by atoms with Gasteiger partial charge in [0.25, 0.3) is 0 Å². The highest BCUT2D eigenvalue weighted by molar-refractivity contribution is 5.42. The Morgan fingerprint density at radius 3 is 2.68 bits per heavy atom. The first-order valence-corrected chi connectivity index (χ1v) is 6.69. The zero-order valence-corrected chi connectivity index (χ0v) is 12.3. The third kappa shape index (κ3) is 5.49. The maximum Gasteiger partial charge on any atom is 0.161 e. The summed E-state index contributed by atoms with van der Waals surface area (Å²) in [5.74, 6) is 1.35. The second-order valence-corrected chi connectivity index (χ2v) is 5.12. The first-order valence-electron chi connectivity index (χ1n) is 6.69. The summed E-state index contributed by atoms with van der Waals surface area (Å²) >= 11 is 0. The molecular weight excluding hydrogens is 242 g/mol. The number of aryl methyl sites for hydroxylation is 1. The van der Waals surface area contributed by atoms with Crippen LogP contribution >= 0.6 is 0 Å². The molecule has 0 spiro atoms. The van der Waals surface area contributed by atoms with Crippen LogP contribution in [0, 0.1) is 6.92 Å². The summed E-state index contributed by atoms with van der Waals surface area (Å²) in [7, 11) is 1.61. The summed E-state index contributed by atoms with van der Waals surface area (Å²) in [5.41, 5.74) is 0.214. The lowest BCUT2D eigenvalue weighted by molar-refractivity contribution is 0.0117. The van der Waals surface area contributed by atoms with Crippen LogP contribution in [-0.4, -0.2) is 37.5 Å². The standard InChI is InChI=1S/C15H25NO3/c1-5-8-16-10-15(3,17)11-19-13-7-6-12(2)9-14(13)18-4/h6-7,9,16-17H,5,8,10-11H2,1-4H3. The molecule has 19 heavy (non-hydrogen) atoms. The third-order valence-corrected chi connectivity index (χ3v) is 2.79. The van der Waals surface area contributed by atoms with E-state index in [1.807, 2.05) is 25.1 Å². The van der Waals surface area contributed by atoms with Crippen LogP contribution in [0.3, 0.4) is 0 Å². The molecular formula is C15H25NO3. The zero-order chi connectivity index (χ0) is 14.3. The summed E-state index contributed by atoms with van der Waals surface area (Å²) in [5, 5.41) is 13.4. The normalized spacial score (nSPS) is 13.9. The lowest BCUT2D eigenvalue weighted by atomic mass is 10.1. The maximum atomic E-state index is 10.2. The van der Waals surface area contributed by atoms with Crippen molar-refractivity contribution in [2.45, 2.75) is 32.8 Å². The number of hydrogen-bond acceptors (Lipinski definition) is 4. The lowest BCUT2D eigenvalue weighted by Gasteiger charge is -2.24. The van der Waals surface area contributed by atoms with Gasteiger partial charge in [-0.2, -0.15) is 0 Å². The maximum absolute atomic E-state index is 10.2. The Hall–Kier alpha value is -1.26. The van der Waals surface area contributed by atoms with Crippen LogP contribution in [0.15, 0.2) is 18.2 Å². The minimum atomic E-state index is -0.898. The van der Waals surface area contributed by atoms with E-state index >= 15 is 0 Å². The predicted octanol–water partition coefficient (Wildman–Crippen LogP) is 2.13. The molecule has 0 aliphatic rings. The molecule has 1 rings (SSSR count). The van der Waals surface area contributed by atoms with Crippen molar-refractivity contribution in [3.63, 3.8) is 0 Å². The molecule has 108 valence electrons. The van der Waals surface area contributed by atoms with Gasteiger partial charge in [-0.25, -0.2) is 0 Å². The zero-order valence-electron chi connectivity index (χ0n) is 12.3. The molecule has 2 N–H and O–H groups in total. The lowest BCUT2D eigenvalue weighted by Crippen LogP contribution is -2.43. The molecule has 0 fully saturated rings. The molecule has 0 aromatic heterocycles. The Morgan fingerprint density at radius 1 is 1.32 bits per heavy atom. The SMILES string of the molecule is CCCNCC(C)(O)COc1ccc(C)cc1OC. The van der Waals surface area contributed by atoms with Crippen molar-refractivity contribution in [1.82, 2.24) is 5.32 Å². The van der Waals surface area contributed by atoms with Crippen LogP contribution < -0.4 is 14.8 Å². The minimum absolute atomic E-state index is 0.225. The molecule has 0 amide bonds. The quantitative estimate of drug-likeness (QED) is 0.709. The van der Waals surface area contributed by atoms with Crippen molar-refractivity contribution in [3.8, 4) is 11.5 Å². The van der Waals surface area contributed by atoms with Crippen LogP contribution in [0.1, 0.15) is 25.8 Å². The highest BCUT2D eigenvalue weighted by atomic mass is 16.5. The number of nitrogens with one attached hydrogen (secondary N) is 1. The molecule has 1 aromatic carbocycles. The van der Waals surface area contributed by atoms with E-state index in [-0.39, 0.29) is 6.61 Å². The molecule has 0 saturated carbocycles. The van der Waals surface area contributed by atoms with E-state index in [4.69, 9.17) is 9.47 Å². The fraction of sp³-hybridized carbons (Fsp3) is 0.600. The van der Waals surface area contributed by atoms with Gasteiger partial charge in [0.15, 0.2) is 11.5 Å². The van der Waals surface area contributed by atoms with E-state index in [1.165, 1.54) is 0 Å². The molecule has 0 aliphatic heterocycles. The number of methoxy groups -OCH3 is 1. The Morgan fingerprint density at radius 2 is 2.05 bits per heavy atom. The molecule has 0 aliphatic carbocycles. The molecule has 0 saturated heterocycles. The summed E-state index contributed by atoms with van der Waals surface area (Å²) in [4.78, 5) is 0. The van der Waals surface area contributed by atoms with Crippen molar-refractivity contribution in [2.24, 2.45) is 0 Å². The van der Waals surface area contributed by atoms with Crippen molar-refractivity contribution in [3.05, 3.63) is 23.8 Å². The summed E-state index contributed by atoms with van der Waals surface area (Å²) < 4.78 is 10.9. The number of benzene rings is 1. The molecule has 4 heteroatoms. The van der Waals surface area contributed by atoms with Crippen LogP contribution in [0.25, 0.3) is 0 Å². The molecule has 1 unspecified atom stereocenters. The molecule has 1 atom stereocenters. The fourth-order valence-electron chi connectivity index (χ4n) is 1.71. The summed E-state index contributed by atoms with van der Waals surface area (Å²) in [6, 6.07) is 5.74. The third-order valence-electron chi connectivity index (χ3n) is 2.79. The number of ether oxygens (including phenoxy) is 2. The molecule has 0 bridgehead atoms. The van der Waals surface area contributed by atoms with Crippen molar-refractivity contribution in [2.75, 3.05) is 26.8 Å². The second kappa shape index (κ2) is 7.36. The second-order valence-electron chi connectivity index (χ2n) is 5.12. The van der Waals surface area contributed by atoms with Gasteiger partial charge >= 0.3 is 0 Å². The van der Waals surface area contributed by atoms with Gasteiger partial charge in [0.05, 0.1) is 7.11 Å². The van der Waals surface area contributed by atoms with Gasteiger partial charge < -0.3 is 19.9 Å². The average Bonchev–Trinajstić information content (AvgIpc) is 2.37. The number of rotatable bonds is 8.